The van der Waals surface area contributed by atoms with Crippen LogP contribution in [0.25, 0.3) is 6.08 Å². The number of methoxy groups -OCH3 is 1. The van der Waals surface area contributed by atoms with Gasteiger partial charge >= 0.3 is 0 Å². The number of benzene rings is 3. The molecule has 0 radical (unpaired) electrons. The highest BCUT2D eigenvalue weighted by molar-refractivity contribution is 8.18. The first kappa shape index (κ1) is 29.4. The molecule has 1 aliphatic rings. The zero-order valence-electron chi connectivity index (χ0n) is 22.6. The monoisotopic (exact) mass is 576 g/mol. The van der Waals surface area contributed by atoms with Gasteiger partial charge < -0.3 is 19.5 Å². The minimum absolute atomic E-state index is 0.176. The molecule has 1 aliphatic heterocycles. The molecule has 1 N–H and O–H groups in total. The predicted molar refractivity (Wildman–Crippen MR) is 157 cm³/mol. The van der Waals surface area contributed by atoms with Crippen molar-refractivity contribution in [3.8, 4) is 17.2 Å². The van der Waals surface area contributed by atoms with Crippen molar-refractivity contribution < 1.29 is 33.0 Å². The minimum Gasteiger partial charge on any atom is -0.494 e. The molecule has 1 heterocycles. The minimum atomic E-state index is -0.567. The predicted octanol–water partition coefficient (Wildman–Crippen LogP) is 6.22. The van der Waals surface area contributed by atoms with E-state index in [2.05, 4.69) is 11.9 Å². The number of amides is 3. The first-order valence-corrected chi connectivity index (χ1v) is 13.6. The number of nitrogens with one attached hydrogen (secondary N) is 1. The molecule has 10 heteroatoms. The summed E-state index contributed by atoms with van der Waals surface area (Å²) >= 11 is 0.757. The number of allylic oxidation sites excluding steroid dienone is 1. The maximum atomic E-state index is 13.3. The number of carbonyl (C=O) groups is 3. The van der Waals surface area contributed by atoms with Crippen molar-refractivity contribution in [3.63, 3.8) is 0 Å². The maximum absolute atomic E-state index is 13.3. The number of nitrogens with zero attached hydrogens (tertiary/aromatic N) is 1. The molecule has 0 spiro atoms. The van der Waals surface area contributed by atoms with Crippen molar-refractivity contribution in [1.29, 1.82) is 0 Å². The molecule has 3 aromatic carbocycles. The van der Waals surface area contributed by atoms with Crippen LogP contribution in [-0.2, 0) is 22.6 Å². The van der Waals surface area contributed by atoms with Crippen molar-refractivity contribution in [3.05, 3.63) is 101 Å². The molecule has 8 nitrogen and oxygen atoms in total. The Morgan fingerprint density at radius 3 is 2.46 bits per heavy atom. The number of ether oxygens (including phenoxy) is 3. The van der Waals surface area contributed by atoms with Crippen molar-refractivity contribution in [2.45, 2.75) is 20.0 Å². The van der Waals surface area contributed by atoms with E-state index in [9.17, 15) is 18.8 Å². The quantitative estimate of drug-likeness (QED) is 0.202. The largest absolute Gasteiger partial charge is 0.494 e. The van der Waals surface area contributed by atoms with Gasteiger partial charge in [0.25, 0.3) is 11.1 Å². The van der Waals surface area contributed by atoms with E-state index in [-0.39, 0.29) is 17.3 Å². The van der Waals surface area contributed by atoms with E-state index in [0.29, 0.717) is 41.5 Å². The van der Waals surface area contributed by atoms with Crippen LogP contribution < -0.4 is 19.5 Å². The van der Waals surface area contributed by atoms with Gasteiger partial charge in [-0.05, 0) is 90.8 Å². The molecule has 1 saturated heterocycles. The summed E-state index contributed by atoms with van der Waals surface area (Å²) in [6, 6.07) is 16.3. The number of carbonyl (C=O) groups excluding carboxylic acids is 3. The van der Waals surface area contributed by atoms with E-state index < -0.39 is 23.6 Å². The molecule has 0 aliphatic carbocycles. The maximum Gasteiger partial charge on any atom is 0.294 e. The molecule has 3 aromatic rings. The Morgan fingerprint density at radius 1 is 1.07 bits per heavy atom. The summed E-state index contributed by atoms with van der Waals surface area (Å²) in [6.07, 6.45) is 3.73. The van der Waals surface area contributed by atoms with Crippen LogP contribution in [0.1, 0.15) is 23.6 Å². The van der Waals surface area contributed by atoms with Crippen molar-refractivity contribution in [1.82, 2.24) is 4.90 Å². The van der Waals surface area contributed by atoms with Gasteiger partial charge in [0.15, 0.2) is 11.5 Å². The van der Waals surface area contributed by atoms with Gasteiger partial charge in [-0.2, -0.15) is 0 Å². The zero-order valence-corrected chi connectivity index (χ0v) is 23.5. The zero-order chi connectivity index (χ0) is 29.4. The second-order valence-corrected chi connectivity index (χ2v) is 9.89. The second-order valence-electron chi connectivity index (χ2n) is 8.89. The summed E-state index contributed by atoms with van der Waals surface area (Å²) in [5.41, 5.74) is 2.66. The van der Waals surface area contributed by atoms with Crippen molar-refractivity contribution >= 4 is 40.6 Å². The number of hydrogen-bond donors (Lipinski definition) is 1. The Hall–Kier alpha value is -4.57. The van der Waals surface area contributed by atoms with Crippen LogP contribution in [0.15, 0.2) is 78.2 Å². The Kier molecular flexibility index (Phi) is 9.81. The standard InChI is InChI=1S/C31H29FN2O6S/c1-4-6-22-15-21(16-26(38-3)29(22)40-19-20-7-9-23(32)10-8-20)17-27-30(36)34(31(37)41-27)18-28(35)33-24-11-13-25(14-12-24)39-5-2/h4,7-17H,1,5-6,18-19H2,2-3H3,(H,33,35)/b27-17+. The van der Waals surface area contributed by atoms with E-state index in [1.54, 1.807) is 54.6 Å². The van der Waals surface area contributed by atoms with Gasteiger partial charge in [0.05, 0.1) is 18.6 Å². The van der Waals surface area contributed by atoms with E-state index in [1.807, 2.05) is 13.0 Å². The fraction of sp³-hybridized carbons (Fsp3) is 0.194. The molecule has 41 heavy (non-hydrogen) atoms. The van der Waals surface area contributed by atoms with Crippen LogP contribution in [0.5, 0.6) is 17.2 Å². The lowest BCUT2D eigenvalue weighted by Crippen LogP contribution is -2.36. The van der Waals surface area contributed by atoms with Crippen LogP contribution in [0.4, 0.5) is 14.9 Å². The number of hydrogen-bond acceptors (Lipinski definition) is 7. The first-order chi connectivity index (χ1) is 19.8. The van der Waals surface area contributed by atoms with Gasteiger partial charge in [-0.25, -0.2) is 4.39 Å². The summed E-state index contributed by atoms with van der Waals surface area (Å²) in [5, 5.41) is 2.14. The van der Waals surface area contributed by atoms with Gasteiger partial charge in [-0.15, -0.1) is 6.58 Å². The van der Waals surface area contributed by atoms with Gasteiger partial charge in [0, 0.05) is 11.3 Å². The lowest BCUT2D eigenvalue weighted by Gasteiger charge is -2.16. The molecule has 1 fully saturated rings. The Balaban J connectivity index is 1.48. The number of halogens is 1. The lowest BCUT2D eigenvalue weighted by atomic mass is 10.0. The van der Waals surface area contributed by atoms with E-state index in [4.69, 9.17) is 14.2 Å². The number of anilines is 1. The van der Waals surface area contributed by atoms with Crippen LogP contribution in [-0.4, -0.2) is 42.2 Å². The van der Waals surface area contributed by atoms with E-state index in [0.717, 1.165) is 27.8 Å². The molecule has 0 saturated carbocycles. The molecule has 3 amide bonds. The normalized spacial score (nSPS) is 13.8. The molecule has 0 aromatic heterocycles. The smallest absolute Gasteiger partial charge is 0.294 e. The third-order valence-electron chi connectivity index (χ3n) is 5.96. The highest BCUT2D eigenvalue weighted by Crippen LogP contribution is 2.37. The Bertz CT molecular complexity index is 1470. The van der Waals surface area contributed by atoms with E-state index >= 15 is 0 Å². The summed E-state index contributed by atoms with van der Waals surface area (Å²) in [4.78, 5) is 39.3. The fourth-order valence-electron chi connectivity index (χ4n) is 4.06. The van der Waals surface area contributed by atoms with Crippen LogP contribution in [0, 0.1) is 5.82 Å². The molecule has 0 bridgehead atoms. The highest BCUT2D eigenvalue weighted by Gasteiger charge is 2.36. The molecular formula is C31H29FN2O6S. The van der Waals surface area contributed by atoms with Gasteiger partial charge in [-0.3, -0.25) is 19.3 Å². The van der Waals surface area contributed by atoms with Gasteiger partial charge in [-0.1, -0.05) is 18.2 Å². The average Bonchev–Trinajstić information content (AvgIpc) is 3.21. The topological polar surface area (TPSA) is 94.2 Å². The van der Waals surface area contributed by atoms with Crippen LogP contribution >= 0.6 is 11.8 Å². The number of thioether (sulfide) groups is 1. The van der Waals surface area contributed by atoms with Crippen molar-refractivity contribution in [2.24, 2.45) is 0 Å². The molecule has 0 atom stereocenters. The summed E-state index contributed by atoms with van der Waals surface area (Å²) in [5.74, 6) is 0.181. The van der Waals surface area contributed by atoms with Gasteiger partial charge in [0.2, 0.25) is 5.91 Å². The summed E-state index contributed by atoms with van der Waals surface area (Å²) in [7, 11) is 1.50. The fourth-order valence-corrected chi connectivity index (χ4v) is 4.90. The highest BCUT2D eigenvalue weighted by atomic mass is 32.2. The number of rotatable bonds is 12. The third-order valence-corrected chi connectivity index (χ3v) is 6.86. The molecule has 4 rings (SSSR count). The Labute approximate surface area is 241 Å². The molecular weight excluding hydrogens is 547 g/mol. The first-order valence-electron chi connectivity index (χ1n) is 12.8. The van der Waals surface area contributed by atoms with E-state index in [1.165, 1.54) is 19.2 Å². The third kappa shape index (κ3) is 7.55. The molecule has 212 valence electrons. The number of imide groups is 1. The SMILES string of the molecule is C=CCc1cc(/C=C2/SC(=O)N(CC(=O)Nc3ccc(OCC)cc3)C2=O)cc(OC)c1OCc1ccc(F)cc1. The van der Waals surface area contributed by atoms with Crippen LogP contribution in [0.3, 0.4) is 0 Å². The van der Waals surface area contributed by atoms with Crippen LogP contribution in [0.2, 0.25) is 0 Å². The summed E-state index contributed by atoms with van der Waals surface area (Å²) in [6.45, 7) is 5.98. The Morgan fingerprint density at radius 2 is 1.80 bits per heavy atom. The summed E-state index contributed by atoms with van der Waals surface area (Å²) < 4.78 is 30.2. The molecule has 0 unspecified atom stereocenters. The van der Waals surface area contributed by atoms with Gasteiger partial charge in [0.1, 0.15) is 24.7 Å². The average molecular weight is 577 g/mol. The second kappa shape index (κ2) is 13.7. The lowest BCUT2D eigenvalue weighted by molar-refractivity contribution is -0.127. The van der Waals surface area contributed by atoms with Crippen molar-refractivity contribution in [2.75, 3.05) is 25.6 Å².